The Morgan fingerprint density at radius 1 is 1.50 bits per heavy atom. The number of hydrogen-bond acceptors (Lipinski definition) is 3. The lowest BCUT2D eigenvalue weighted by Crippen LogP contribution is -2.23. The van der Waals surface area contributed by atoms with E-state index in [9.17, 15) is 0 Å². The van der Waals surface area contributed by atoms with E-state index in [1.807, 2.05) is 13.2 Å². The van der Waals surface area contributed by atoms with Crippen molar-refractivity contribution in [3.05, 3.63) is 11.9 Å². The summed E-state index contributed by atoms with van der Waals surface area (Å²) < 4.78 is 0. The van der Waals surface area contributed by atoms with Crippen LogP contribution < -0.4 is 5.32 Å². The fourth-order valence-corrected chi connectivity index (χ4v) is 3.73. The summed E-state index contributed by atoms with van der Waals surface area (Å²) in [5.41, 5.74) is 1.06. The van der Waals surface area contributed by atoms with Crippen molar-refractivity contribution in [1.29, 1.82) is 0 Å². The van der Waals surface area contributed by atoms with Crippen LogP contribution in [0.4, 0.5) is 0 Å². The largest absolute Gasteiger partial charge is 0.312 e. The zero-order chi connectivity index (χ0) is 11.0. The molecule has 0 amide bonds. The van der Waals surface area contributed by atoms with Crippen molar-refractivity contribution in [2.24, 2.45) is 17.8 Å². The van der Waals surface area contributed by atoms with Crippen LogP contribution in [0.5, 0.6) is 0 Å². The Morgan fingerprint density at radius 2 is 2.44 bits per heavy atom. The fourth-order valence-electron chi connectivity index (χ4n) is 3.73. The predicted octanol–water partition coefficient (Wildman–Crippen LogP) is 1.89. The number of hydrogen-bond donors (Lipinski definition) is 2. The molecule has 4 unspecified atom stereocenters. The van der Waals surface area contributed by atoms with Gasteiger partial charge in [0.1, 0.15) is 0 Å². The molecule has 3 rings (SSSR count). The summed E-state index contributed by atoms with van der Waals surface area (Å²) in [7, 11) is 2.02. The van der Waals surface area contributed by atoms with Gasteiger partial charge in [-0.2, -0.15) is 15.4 Å². The van der Waals surface area contributed by atoms with Crippen molar-refractivity contribution in [3.8, 4) is 0 Å². The molecule has 0 saturated heterocycles. The topological polar surface area (TPSA) is 53.6 Å². The van der Waals surface area contributed by atoms with Crippen LogP contribution in [0.1, 0.15) is 43.8 Å². The molecule has 16 heavy (non-hydrogen) atoms. The van der Waals surface area contributed by atoms with Crippen LogP contribution in [0.3, 0.4) is 0 Å². The van der Waals surface area contributed by atoms with Crippen molar-refractivity contribution in [2.75, 3.05) is 7.05 Å². The van der Waals surface area contributed by atoms with E-state index in [0.717, 1.165) is 23.4 Å². The molecule has 2 bridgehead atoms. The van der Waals surface area contributed by atoms with Gasteiger partial charge in [-0.1, -0.05) is 6.42 Å². The molecule has 0 spiro atoms. The fraction of sp³-hybridized carbons (Fsp3) is 0.833. The number of nitrogens with zero attached hydrogens (tertiary/aromatic N) is 2. The van der Waals surface area contributed by atoms with Gasteiger partial charge in [0.25, 0.3) is 0 Å². The second-order valence-electron chi connectivity index (χ2n) is 5.41. The maximum atomic E-state index is 4.19. The van der Waals surface area contributed by atoms with Crippen LogP contribution in [0.2, 0.25) is 0 Å². The van der Waals surface area contributed by atoms with Crippen LogP contribution in [0.25, 0.3) is 0 Å². The SMILES string of the molecule is CNC(CC1CC2CCC1C2)c1cn[nH]n1. The van der Waals surface area contributed by atoms with E-state index < -0.39 is 0 Å². The molecule has 4 heteroatoms. The molecule has 0 aliphatic heterocycles. The third kappa shape index (κ3) is 1.75. The van der Waals surface area contributed by atoms with Gasteiger partial charge in [0.2, 0.25) is 0 Å². The van der Waals surface area contributed by atoms with Gasteiger partial charge in [-0.25, -0.2) is 0 Å². The molecule has 2 N–H and O–H groups in total. The van der Waals surface area contributed by atoms with Gasteiger partial charge in [-0.15, -0.1) is 0 Å². The Hall–Kier alpha value is -0.900. The van der Waals surface area contributed by atoms with Gasteiger partial charge < -0.3 is 5.32 Å². The molecule has 2 aliphatic rings. The Kier molecular flexibility index (Phi) is 2.67. The number of fused-ring (bicyclic) bond motifs is 2. The van der Waals surface area contributed by atoms with Crippen LogP contribution in [0.15, 0.2) is 6.20 Å². The zero-order valence-corrected chi connectivity index (χ0v) is 9.82. The number of rotatable bonds is 4. The van der Waals surface area contributed by atoms with Crippen LogP contribution in [0, 0.1) is 17.8 Å². The summed E-state index contributed by atoms with van der Waals surface area (Å²) in [6, 6.07) is 0.378. The number of H-pyrrole nitrogens is 1. The van der Waals surface area contributed by atoms with Gasteiger partial charge in [0.15, 0.2) is 0 Å². The number of aromatic nitrogens is 3. The van der Waals surface area contributed by atoms with Crippen LogP contribution in [-0.2, 0) is 0 Å². The smallest absolute Gasteiger partial charge is 0.0993 e. The zero-order valence-electron chi connectivity index (χ0n) is 9.82. The number of aromatic amines is 1. The molecule has 1 heterocycles. The number of nitrogens with one attached hydrogen (secondary N) is 2. The second-order valence-corrected chi connectivity index (χ2v) is 5.41. The lowest BCUT2D eigenvalue weighted by molar-refractivity contribution is 0.282. The van der Waals surface area contributed by atoms with Gasteiger partial charge in [0.05, 0.1) is 17.9 Å². The molecule has 1 aromatic rings. The highest BCUT2D eigenvalue weighted by molar-refractivity contribution is 5.02. The summed E-state index contributed by atoms with van der Waals surface area (Å²) in [6.45, 7) is 0. The Balaban J connectivity index is 1.65. The van der Waals surface area contributed by atoms with Gasteiger partial charge in [0, 0.05) is 0 Å². The Morgan fingerprint density at radius 3 is 3.00 bits per heavy atom. The standard InChI is InChI=1S/C12H20N4/c1-13-11(12-7-14-16-15-12)6-10-5-8-2-3-9(10)4-8/h7-11,13H,2-6H2,1H3,(H,14,15,16). The minimum absolute atomic E-state index is 0.378. The molecule has 88 valence electrons. The monoisotopic (exact) mass is 220 g/mol. The molecule has 2 aliphatic carbocycles. The average Bonchev–Trinajstić information content (AvgIpc) is 3.01. The van der Waals surface area contributed by atoms with Gasteiger partial charge in [-0.3, -0.25) is 0 Å². The first-order valence-corrected chi connectivity index (χ1v) is 6.39. The van der Waals surface area contributed by atoms with E-state index in [1.165, 1.54) is 32.1 Å². The highest BCUT2D eigenvalue weighted by Gasteiger charge is 2.40. The predicted molar refractivity (Wildman–Crippen MR) is 61.7 cm³/mol. The van der Waals surface area contributed by atoms with Crippen LogP contribution >= 0.6 is 0 Å². The molecule has 2 saturated carbocycles. The highest BCUT2D eigenvalue weighted by atomic mass is 15.3. The van der Waals surface area contributed by atoms with E-state index in [-0.39, 0.29) is 0 Å². The minimum atomic E-state index is 0.378. The minimum Gasteiger partial charge on any atom is -0.312 e. The van der Waals surface area contributed by atoms with Crippen LogP contribution in [-0.4, -0.2) is 22.5 Å². The van der Waals surface area contributed by atoms with E-state index in [2.05, 4.69) is 20.7 Å². The Bertz CT molecular complexity index is 335. The van der Waals surface area contributed by atoms with Gasteiger partial charge >= 0.3 is 0 Å². The average molecular weight is 220 g/mol. The van der Waals surface area contributed by atoms with Crippen molar-refractivity contribution < 1.29 is 0 Å². The van der Waals surface area contributed by atoms with E-state index >= 15 is 0 Å². The summed E-state index contributed by atoms with van der Waals surface area (Å²) in [6.07, 6.45) is 8.94. The van der Waals surface area contributed by atoms with Crippen molar-refractivity contribution in [3.63, 3.8) is 0 Å². The normalized spacial score (nSPS) is 34.4. The third-order valence-corrected chi connectivity index (χ3v) is 4.56. The summed E-state index contributed by atoms with van der Waals surface area (Å²) in [4.78, 5) is 0. The first-order chi connectivity index (χ1) is 7.86. The second kappa shape index (κ2) is 4.17. The molecule has 0 radical (unpaired) electrons. The first-order valence-electron chi connectivity index (χ1n) is 6.39. The molecule has 2 fully saturated rings. The summed E-state index contributed by atoms with van der Waals surface area (Å²) in [5.74, 6) is 2.94. The lowest BCUT2D eigenvalue weighted by atomic mass is 9.84. The quantitative estimate of drug-likeness (QED) is 0.814. The molecule has 0 aromatic carbocycles. The van der Waals surface area contributed by atoms with Gasteiger partial charge in [-0.05, 0) is 50.5 Å². The lowest BCUT2D eigenvalue weighted by Gasteiger charge is -2.25. The third-order valence-electron chi connectivity index (χ3n) is 4.56. The van der Waals surface area contributed by atoms with Crippen molar-refractivity contribution in [1.82, 2.24) is 20.7 Å². The maximum absolute atomic E-state index is 4.19. The molecule has 4 atom stereocenters. The van der Waals surface area contributed by atoms with Crippen molar-refractivity contribution >= 4 is 0 Å². The summed E-state index contributed by atoms with van der Waals surface area (Å²) in [5, 5.41) is 14.2. The van der Waals surface area contributed by atoms with E-state index in [0.29, 0.717) is 6.04 Å². The maximum Gasteiger partial charge on any atom is 0.0993 e. The molecule has 4 nitrogen and oxygen atoms in total. The first kappa shape index (κ1) is 10.3. The summed E-state index contributed by atoms with van der Waals surface area (Å²) >= 11 is 0. The van der Waals surface area contributed by atoms with Crippen molar-refractivity contribution in [2.45, 2.75) is 38.1 Å². The highest BCUT2D eigenvalue weighted by Crippen LogP contribution is 2.50. The Labute approximate surface area is 96.2 Å². The molecule has 1 aromatic heterocycles. The van der Waals surface area contributed by atoms with E-state index in [1.54, 1.807) is 0 Å². The molecular formula is C12H20N4. The van der Waals surface area contributed by atoms with E-state index in [4.69, 9.17) is 0 Å². The molecular weight excluding hydrogens is 200 g/mol.